The third-order valence-electron chi connectivity index (χ3n) is 3.42. The molecule has 1 heterocycles. The highest BCUT2D eigenvalue weighted by Crippen LogP contribution is 2.39. The molecule has 2 rings (SSSR count). The topological polar surface area (TPSA) is 43.8 Å². The van der Waals surface area contributed by atoms with E-state index in [2.05, 4.69) is 30.0 Å². The van der Waals surface area contributed by atoms with Gasteiger partial charge in [0.1, 0.15) is 0 Å². The molecule has 1 aliphatic rings. The Kier molecular flexibility index (Phi) is 4.51. The molecule has 96 valence electrons. The molecule has 0 amide bonds. The summed E-state index contributed by atoms with van der Waals surface area (Å²) < 4.78 is 1.87. The van der Waals surface area contributed by atoms with E-state index < -0.39 is 0 Å². The van der Waals surface area contributed by atoms with Crippen LogP contribution < -0.4 is 5.73 Å². The van der Waals surface area contributed by atoms with Gasteiger partial charge in [-0.1, -0.05) is 19.3 Å². The third kappa shape index (κ3) is 3.49. The summed E-state index contributed by atoms with van der Waals surface area (Å²) in [6.07, 6.45) is 11.0. The second-order valence-corrected chi connectivity index (χ2v) is 6.57. The number of hydrogen-bond donors (Lipinski definition) is 1. The van der Waals surface area contributed by atoms with E-state index in [9.17, 15) is 0 Å². The van der Waals surface area contributed by atoms with Crippen molar-refractivity contribution >= 4 is 11.8 Å². The highest BCUT2D eigenvalue weighted by Gasteiger charge is 2.24. The SMILES string of the molecule is CC(N)C(SC1CCCCC1)c1cnn(C)c1. The zero-order valence-corrected chi connectivity index (χ0v) is 11.6. The van der Waals surface area contributed by atoms with Gasteiger partial charge in [0.25, 0.3) is 0 Å². The summed E-state index contributed by atoms with van der Waals surface area (Å²) in [5, 5.41) is 5.45. The normalized spacial score (nSPS) is 21.4. The molecule has 0 radical (unpaired) electrons. The standard InChI is InChI=1S/C13H23N3S/c1-10(14)13(11-8-15-16(2)9-11)17-12-6-4-3-5-7-12/h8-10,12-13H,3-7,14H2,1-2H3. The van der Waals surface area contributed by atoms with Crippen LogP contribution in [0.3, 0.4) is 0 Å². The Hall–Kier alpha value is -0.480. The molecule has 17 heavy (non-hydrogen) atoms. The second kappa shape index (κ2) is 5.91. The maximum absolute atomic E-state index is 6.14. The molecular weight excluding hydrogens is 230 g/mol. The van der Waals surface area contributed by atoms with E-state index in [0.29, 0.717) is 5.25 Å². The van der Waals surface area contributed by atoms with Gasteiger partial charge in [-0.2, -0.15) is 5.10 Å². The van der Waals surface area contributed by atoms with Crippen LogP contribution in [-0.2, 0) is 7.05 Å². The minimum Gasteiger partial charge on any atom is -0.327 e. The average Bonchev–Trinajstić information content (AvgIpc) is 2.73. The molecule has 1 aromatic rings. The highest BCUT2D eigenvalue weighted by molar-refractivity contribution is 8.00. The molecule has 1 aliphatic carbocycles. The van der Waals surface area contributed by atoms with Crippen molar-refractivity contribution in [3.63, 3.8) is 0 Å². The Labute approximate surface area is 108 Å². The van der Waals surface area contributed by atoms with Crippen LogP contribution in [0.5, 0.6) is 0 Å². The monoisotopic (exact) mass is 253 g/mol. The first-order chi connectivity index (χ1) is 8.16. The molecule has 2 unspecified atom stereocenters. The fourth-order valence-corrected chi connectivity index (χ4v) is 4.05. The van der Waals surface area contributed by atoms with Gasteiger partial charge in [0.15, 0.2) is 0 Å². The molecule has 0 bridgehead atoms. The fourth-order valence-electron chi connectivity index (χ4n) is 2.50. The number of aromatic nitrogens is 2. The zero-order chi connectivity index (χ0) is 12.3. The van der Waals surface area contributed by atoms with Crippen LogP contribution in [0.25, 0.3) is 0 Å². The summed E-state index contributed by atoms with van der Waals surface area (Å²) in [5.74, 6) is 0. The molecule has 2 atom stereocenters. The summed E-state index contributed by atoms with van der Waals surface area (Å²) >= 11 is 2.06. The van der Waals surface area contributed by atoms with Crippen LogP contribution in [0.2, 0.25) is 0 Å². The quantitative estimate of drug-likeness (QED) is 0.897. The number of nitrogens with zero attached hydrogens (tertiary/aromatic N) is 2. The number of nitrogens with two attached hydrogens (primary N) is 1. The lowest BCUT2D eigenvalue weighted by Crippen LogP contribution is -2.25. The Morgan fingerprint density at radius 2 is 2.12 bits per heavy atom. The molecule has 0 aromatic carbocycles. The zero-order valence-electron chi connectivity index (χ0n) is 10.8. The molecule has 0 spiro atoms. The number of aryl methyl sites for hydroxylation is 1. The van der Waals surface area contributed by atoms with Gasteiger partial charge in [0.05, 0.1) is 6.20 Å². The first-order valence-electron chi connectivity index (χ1n) is 6.56. The highest BCUT2D eigenvalue weighted by atomic mass is 32.2. The molecule has 2 N–H and O–H groups in total. The largest absolute Gasteiger partial charge is 0.327 e. The van der Waals surface area contributed by atoms with Gasteiger partial charge >= 0.3 is 0 Å². The van der Waals surface area contributed by atoms with Gasteiger partial charge in [0, 0.05) is 35.3 Å². The number of rotatable bonds is 4. The maximum Gasteiger partial charge on any atom is 0.0533 e. The van der Waals surface area contributed by atoms with Crippen LogP contribution in [0, 0.1) is 0 Å². The smallest absolute Gasteiger partial charge is 0.0533 e. The number of hydrogen-bond acceptors (Lipinski definition) is 3. The fraction of sp³-hybridized carbons (Fsp3) is 0.769. The second-order valence-electron chi connectivity index (χ2n) is 5.12. The van der Waals surface area contributed by atoms with Crippen LogP contribution >= 0.6 is 11.8 Å². The van der Waals surface area contributed by atoms with E-state index in [1.54, 1.807) is 0 Å². The van der Waals surface area contributed by atoms with E-state index >= 15 is 0 Å². The lowest BCUT2D eigenvalue weighted by molar-refractivity contribution is 0.513. The molecule has 1 aromatic heterocycles. The van der Waals surface area contributed by atoms with Gasteiger partial charge in [-0.15, -0.1) is 11.8 Å². The summed E-state index contributed by atoms with van der Waals surface area (Å²) in [5.41, 5.74) is 7.41. The van der Waals surface area contributed by atoms with Gasteiger partial charge in [-0.3, -0.25) is 4.68 Å². The van der Waals surface area contributed by atoms with Crippen molar-refractivity contribution in [3.8, 4) is 0 Å². The molecule has 4 heteroatoms. The summed E-state index contributed by atoms with van der Waals surface area (Å²) in [6.45, 7) is 2.10. The minimum absolute atomic E-state index is 0.186. The number of thioether (sulfide) groups is 1. The van der Waals surface area contributed by atoms with Crippen LogP contribution in [0.1, 0.15) is 49.8 Å². The molecular formula is C13H23N3S. The van der Waals surface area contributed by atoms with E-state index in [4.69, 9.17) is 5.73 Å². The lowest BCUT2D eigenvalue weighted by Gasteiger charge is -2.27. The van der Waals surface area contributed by atoms with Gasteiger partial charge < -0.3 is 5.73 Å². The lowest BCUT2D eigenvalue weighted by atomic mass is 10.0. The van der Waals surface area contributed by atoms with Gasteiger partial charge in [-0.05, 0) is 19.8 Å². The van der Waals surface area contributed by atoms with E-state index in [-0.39, 0.29) is 6.04 Å². The first kappa shape index (κ1) is 13.0. The Bertz CT molecular complexity index is 342. The average molecular weight is 253 g/mol. The Balaban J connectivity index is 2.01. The van der Waals surface area contributed by atoms with Crippen molar-refractivity contribution in [2.24, 2.45) is 12.8 Å². The van der Waals surface area contributed by atoms with Crippen molar-refractivity contribution in [3.05, 3.63) is 18.0 Å². The summed E-state index contributed by atoms with van der Waals surface area (Å²) in [6, 6.07) is 0.186. The van der Waals surface area contributed by atoms with Crippen LogP contribution in [0.15, 0.2) is 12.4 Å². The van der Waals surface area contributed by atoms with Crippen molar-refractivity contribution in [2.45, 2.75) is 55.6 Å². The molecule has 0 saturated heterocycles. The van der Waals surface area contributed by atoms with E-state index in [1.807, 2.05) is 17.9 Å². The van der Waals surface area contributed by atoms with Gasteiger partial charge in [0.2, 0.25) is 0 Å². The van der Waals surface area contributed by atoms with Crippen LogP contribution in [-0.4, -0.2) is 21.1 Å². The predicted octanol–water partition coefficient (Wildman–Crippen LogP) is 2.87. The van der Waals surface area contributed by atoms with Crippen molar-refractivity contribution < 1.29 is 0 Å². The minimum atomic E-state index is 0.186. The van der Waals surface area contributed by atoms with Crippen LogP contribution in [0.4, 0.5) is 0 Å². The van der Waals surface area contributed by atoms with E-state index in [0.717, 1.165) is 5.25 Å². The van der Waals surface area contributed by atoms with Crippen molar-refractivity contribution in [1.82, 2.24) is 9.78 Å². The predicted molar refractivity (Wildman–Crippen MR) is 74.1 cm³/mol. The molecule has 1 saturated carbocycles. The summed E-state index contributed by atoms with van der Waals surface area (Å²) in [4.78, 5) is 0. The third-order valence-corrected chi connectivity index (χ3v) is 5.27. The molecule has 3 nitrogen and oxygen atoms in total. The van der Waals surface area contributed by atoms with Crippen molar-refractivity contribution in [2.75, 3.05) is 0 Å². The first-order valence-corrected chi connectivity index (χ1v) is 7.50. The molecule has 0 aliphatic heterocycles. The summed E-state index contributed by atoms with van der Waals surface area (Å²) in [7, 11) is 1.97. The Morgan fingerprint density at radius 1 is 1.41 bits per heavy atom. The molecule has 1 fully saturated rings. The van der Waals surface area contributed by atoms with E-state index in [1.165, 1.54) is 37.7 Å². The maximum atomic E-state index is 6.14. The van der Waals surface area contributed by atoms with Gasteiger partial charge in [-0.25, -0.2) is 0 Å². The van der Waals surface area contributed by atoms with Crippen molar-refractivity contribution in [1.29, 1.82) is 0 Å². The Morgan fingerprint density at radius 3 is 2.65 bits per heavy atom.